The average Bonchev–Trinajstić information content (AvgIpc) is 2.89. The van der Waals surface area contributed by atoms with Crippen LogP contribution in [-0.2, 0) is 17.8 Å². The third-order valence-electron chi connectivity index (χ3n) is 5.22. The molecule has 0 amide bonds. The summed E-state index contributed by atoms with van der Waals surface area (Å²) in [4.78, 5) is 7.02. The molecule has 1 saturated carbocycles. The lowest BCUT2D eigenvalue weighted by Crippen LogP contribution is -2.34. The third-order valence-corrected chi connectivity index (χ3v) is 5.22. The molecule has 1 aromatic heterocycles. The lowest BCUT2D eigenvalue weighted by molar-refractivity contribution is 0.126. The number of likely N-dealkylation sites (tertiary alicyclic amines) is 1. The molecule has 2 aliphatic rings. The molecule has 118 valence electrons. The first-order valence-electron chi connectivity index (χ1n) is 8.13. The van der Waals surface area contributed by atoms with Gasteiger partial charge in [0.2, 0.25) is 0 Å². The number of nitrogens with zero attached hydrogens (tertiary/aromatic N) is 3. The van der Waals surface area contributed by atoms with Crippen LogP contribution < -0.4 is 0 Å². The summed E-state index contributed by atoms with van der Waals surface area (Å²) >= 11 is 0. The zero-order valence-corrected chi connectivity index (χ0v) is 13.9. The molecule has 1 aromatic rings. The number of aromatic nitrogens is 2. The van der Waals surface area contributed by atoms with E-state index in [9.17, 15) is 0 Å². The molecule has 1 aliphatic heterocycles. The van der Waals surface area contributed by atoms with E-state index in [4.69, 9.17) is 4.74 Å². The van der Waals surface area contributed by atoms with Crippen LogP contribution in [0.1, 0.15) is 45.7 Å². The Labute approximate surface area is 128 Å². The van der Waals surface area contributed by atoms with Crippen molar-refractivity contribution < 1.29 is 4.74 Å². The molecule has 2 heterocycles. The molecule has 21 heavy (non-hydrogen) atoms. The van der Waals surface area contributed by atoms with Gasteiger partial charge in [-0.15, -0.1) is 0 Å². The van der Waals surface area contributed by atoms with Gasteiger partial charge in [-0.3, -0.25) is 4.90 Å². The van der Waals surface area contributed by atoms with Gasteiger partial charge in [-0.25, -0.2) is 4.98 Å². The number of hydrogen-bond acceptors (Lipinski definition) is 3. The van der Waals surface area contributed by atoms with E-state index in [0.717, 1.165) is 25.7 Å². The minimum absolute atomic E-state index is 0.489. The Kier molecular flexibility index (Phi) is 3.87. The largest absolute Gasteiger partial charge is 0.383 e. The van der Waals surface area contributed by atoms with Gasteiger partial charge in [0.1, 0.15) is 0 Å². The van der Waals surface area contributed by atoms with Gasteiger partial charge in [-0.05, 0) is 30.1 Å². The second-order valence-corrected chi connectivity index (χ2v) is 8.19. The number of imidazole rings is 1. The highest BCUT2D eigenvalue weighted by Crippen LogP contribution is 2.52. The van der Waals surface area contributed by atoms with Gasteiger partial charge < -0.3 is 9.30 Å². The zero-order chi connectivity index (χ0) is 15.1. The Bertz CT molecular complexity index is 496. The Morgan fingerprint density at radius 3 is 2.90 bits per heavy atom. The van der Waals surface area contributed by atoms with Crippen LogP contribution >= 0.6 is 0 Å². The molecule has 4 nitrogen and oxygen atoms in total. The second-order valence-electron chi connectivity index (χ2n) is 8.19. The summed E-state index contributed by atoms with van der Waals surface area (Å²) in [5.41, 5.74) is 2.31. The van der Waals surface area contributed by atoms with Gasteiger partial charge in [-0.2, -0.15) is 0 Å². The summed E-state index contributed by atoms with van der Waals surface area (Å²) in [6.45, 7) is 11.2. The van der Waals surface area contributed by atoms with Crippen molar-refractivity contribution in [2.24, 2.45) is 10.8 Å². The maximum atomic E-state index is 5.19. The van der Waals surface area contributed by atoms with Crippen LogP contribution in [0.3, 0.4) is 0 Å². The number of ether oxygens (including phenoxy) is 1. The van der Waals surface area contributed by atoms with Crippen LogP contribution in [0.25, 0.3) is 0 Å². The van der Waals surface area contributed by atoms with Crippen molar-refractivity contribution in [2.75, 3.05) is 20.3 Å². The molecule has 0 unspecified atom stereocenters. The standard InChI is InChI=1S/C17H29N3O/c1-16(2)7-14-8-17(3,11-16)12-20(14)10-15-9-18-13-19(15)5-6-21-4/h9,13-14H,5-8,10-12H2,1-4H3/t14-,17-/m1/s1. The van der Waals surface area contributed by atoms with Crippen molar-refractivity contribution in [3.05, 3.63) is 18.2 Å². The Morgan fingerprint density at radius 2 is 2.14 bits per heavy atom. The summed E-state index contributed by atoms with van der Waals surface area (Å²) in [7, 11) is 1.75. The molecule has 4 heteroatoms. The van der Waals surface area contributed by atoms with Crippen LogP contribution in [0.5, 0.6) is 0 Å². The summed E-state index contributed by atoms with van der Waals surface area (Å²) in [6.07, 6.45) is 8.00. The van der Waals surface area contributed by atoms with Crippen molar-refractivity contribution in [3.8, 4) is 0 Å². The topological polar surface area (TPSA) is 30.3 Å². The fourth-order valence-corrected chi connectivity index (χ4v) is 4.84. The van der Waals surface area contributed by atoms with Crippen molar-refractivity contribution in [1.29, 1.82) is 0 Å². The summed E-state index contributed by atoms with van der Waals surface area (Å²) in [5, 5.41) is 0. The molecular formula is C17H29N3O. The van der Waals surface area contributed by atoms with Crippen molar-refractivity contribution in [3.63, 3.8) is 0 Å². The molecule has 2 atom stereocenters. The van der Waals surface area contributed by atoms with Crippen LogP contribution in [0.15, 0.2) is 12.5 Å². The molecule has 0 aromatic carbocycles. The van der Waals surface area contributed by atoms with Gasteiger partial charge in [0, 0.05) is 39.0 Å². The fourth-order valence-electron chi connectivity index (χ4n) is 4.84. The van der Waals surface area contributed by atoms with E-state index in [1.54, 1.807) is 7.11 Å². The molecule has 0 N–H and O–H groups in total. The fraction of sp³-hybridized carbons (Fsp3) is 0.824. The van der Waals surface area contributed by atoms with Crippen LogP contribution in [-0.4, -0.2) is 40.8 Å². The summed E-state index contributed by atoms with van der Waals surface area (Å²) in [6, 6.07) is 0.740. The first kappa shape index (κ1) is 15.0. The van der Waals surface area contributed by atoms with Crippen molar-refractivity contribution >= 4 is 0 Å². The van der Waals surface area contributed by atoms with E-state index in [1.807, 2.05) is 12.5 Å². The molecule has 3 rings (SSSR count). The van der Waals surface area contributed by atoms with Gasteiger partial charge in [0.15, 0.2) is 0 Å². The molecule has 0 radical (unpaired) electrons. The van der Waals surface area contributed by atoms with Crippen LogP contribution in [0.2, 0.25) is 0 Å². The molecular weight excluding hydrogens is 262 g/mol. The Morgan fingerprint density at radius 1 is 1.33 bits per heavy atom. The monoisotopic (exact) mass is 291 g/mol. The maximum absolute atomic E-state index is 5.19. The lowest BCUT2D eigenvalue weighted by atomic mass is 9.65. The van der Waals surface area contributed by atoms with E-state index in [-0.39, 0.29) is 0 Å². The highest BCUT2D eigenvalue weighted by atomic mass is 16.5. The quantitative estimate of drug-likeness (QED) is 0.835. The van der Waals surface area contributed by atoms with Crippen LogP contribution in [0, 0.1) is 10.8 Å². The average molecular weight is 291 g/mol. The van der Waals surface area contributed by atoms with Crippen LogP contribution in [0.4, 0.5) is 0 Å². The summed E-state index contributed by atoms with van der Waals surface area (Å²) < 4.78 is 7.43. The number of methoxy groups -OCH3 is 1. The molecule has 2 bridgehead atoms. The number of fused-ring (bicyclic) bond motifs is 2. The predicted octanol–water partition coefficient (Wildman–Crippen LogP) is 2.93. The SMILES string of the molecule is COCCn1cncc1CN1C[C@]2(C)C[C@H]1CC(C)(C)C2. The smallest absolute Gasteiger partial charge is 0.0949 e. The van der Waals surface area contributed by atoms with E-state index in [1.165, 1.54) is 31.5 Å². The highest BCUT2D eigenvalue weighted by molar-refractivity contribution is 5.06. The van der Waals surface area contributed by atoms with Gasteiger partial charge in [0.25, 0.3) is 0 Å². The second kappa shape index (κ2) is 5.40. The number of hydrogen-bond donors (Lipinski definition) is 0. The first-order valence-corrected chi connectivity index (χ1v) is 8.13. The minimum atomic E-state index is 0.489. The third kappa shape index (κ3) is 3.16. The van der Waals surface area contributed by atoms with E-state index in [2.05, 4.69) is 35.2 Å². The van der Waals surface area contributed by atoms with E-state index in [0.29, 0.717) is 10.8 Å². The molecule has 1 aliphatic carbocycles. The van der Waals surface area contributed by atoms with Crippen molar-refractivity contribution in [1.82, 2.24) is 14.5 Å². The number of rotatable bonds is 5. The van der Waals surface area contributed by atoms with E-state index >= 15 is 0 Å². The lowest BCUT2D eigenvalue weighted by Gasteiger charge is -2.39. The normalized spacial score (nSPS) is 31.7. The molecule has 2 fully saturated rings. The van der Waals surface area contributed by atoms with Gasteiger partial charge >= 0.3 is 0 Å². The van der Waals surface area contributed by atoms with Gasteiger partial charge in [-0.1, -0.05) is 20.8 Å². The minimum Gasteiger partial charge on any atom is -0.383 e. The highest BCUT2D eigenvalue weighted by Gasteiger charge is 2.49. The molecule has 1 saturated heterocycles. The zero-order valence-electron chi connectivity index (χ0n) is 13.9. The van der Waals surface area contributed by atoms with E-state index < -0.39 is 0 Å². The molecule has 0 spiro atoms. The Hall–Kier alpha value is -0.870. The maximum Gasteiger partial charge on any atom is 0.0949 e. The first-order chi connectivity index (χ1) is 9.91. The predicted molar refractivity (Wildman–Crippen MR) is 84.0 cm³/mol. The summed E-state index contributed by atoms with van der Waals surface area (Å²) in [5.74, 6) is 0. The van der Waals surface area contributed by atoms with Crippen molar-refractivity contribution in [2.45, 2.75) is 59.2 Å². The van der Waals surface area contributed by atoms with Gasteiger partial charge in [0.05, 0.1) is 18.6 Å². The Balaban J connectivity index is 1.70.